The number of hydrogen-bond donors (Lipinski definition) is 2. The number of H-pyrrole nitrogens is 1. The van der Waals surface area contributed by atoms with Crippen LogP contribution in [0.2, 0.25) is 0 Å². The minimum absolute atomic E-state index is 0.314. The molecule has 5 heteroatoms. The third-order valence-corrected chi connectivity index (χ3v) is 3.27. The molecule has 0 aliphatic carbocycles. The van der Waals surface area contributed by atoms with E-state index in [0.717, 1.165) is 0 Å². The minimum atomic E-state index is -1.30. The molecule has 20 heavy (non-hydrogen) atoms. The van der Waals surface area contributed by atoms with Gasteiger partial charge in [-0.3, -0.25) is 4.79 Å². The van der Waals surface area contributed by atoms with Crippen molar-refractivity contribution in [2.24, 2.45) is 0 Å². The third kappa shape index (κ3) is 2.34. The van der Waals surface area contributed by atoms with Gasteiger partial charge in [-0.1, -0.05) is 19.1 Å². The Morgan fingerprint density at radius 2 is 1.90 bits per heavy atom. The maximum atomic E-state index is 13.0. The molecule has 4 nitrogen and oxygen atoms in total. The number of halogens is 1. The summed E-state index contributed by atoms with van der Waals surface area (Å²) in [6.07, 6.45) is 0.579. The monoisotopic (exact) mass is 275 g/mol. The van der Waals surface area contributed by atoms with Gasteiger partial charge in [0.25, 0.3) is 5.56 Å². The summed E-state index contributed by atoms with van der Waals surface area (Å²) < 4.78 is 13.0. The van der Waals surface area contributed by atoms with E-state index >= 15 is 0 Å². The zero-order valence-corrected chi connectivity index (χ0v) is 11.2. The Balaban J connectivity index is 2.84. The molecule has 0 fully saturated rings. The van der Waals surface area contributed by atoms with Crippen LogP contribution in [0.25, 0.3) is 11.1 Å². The number of nitrogens with one attached hydrogen (secondary N) is 1. The lowest BCUT2D eigenvalue weighted by Crippen LogP contribution is -2.22. The summed E-state index contributed by atoms with van der Waals surface area (Å²) in [4.78, 5) is 25.9. The van der Waals surface area contributed by atoms with E-state index in [9.17, 15) is 19.1 Å². The minimum Gasteiger partial charge on any atom is -0.477 e. The number of carboxylic acids is 1. The summed E-state index contributed by atoms with van der Waals surface area (Å²) in [5.74, 6) is -1.71. The van der Waals surface area contributed by atoms with Gasteiger partial charge in [0.1, 0.15) is 11.4 Å². The predicted octanol–water partition coefficient (Wildman–Crippen LogP) is 2.75. The molecule has 2 aromatic rings. The Hall–Kier alpha value is -2.43. The molecule has 0 atom stereocenters. The quantitative estimate of drug-likeness (QED) is 0.904. The molecule has 1 aromatic carbocycles. The normalized spacial score (nSPS) is 10.6. The molecule has 1 aromatic heterocycles. The predicted molar refractivity (Wildman–Crippen MR) is 73.5 cm³/mol. The Kier molecular flexibility index (Phi) is 3.70. The van der Waals surface area contributed by atoms with Crippen LogP contribution in [0.5, 0.6) is 0 Å². The van der Waals surface area contributed by atoms with Crippen molar-refractivity contribution in [1.82, 2.24) is 4.98 Å². The van der Waals surface area contributed by atoms with Crippen LogP contribution in [0.4, 0.5) is 4.39 Å². The van der Waals surface area contributed by atoms with Crippen molar-refractivity contribution in [2.75, 3.05) is 0 Å². The fraction of sp³-hybridized carbons (Fsp3) is 0.200. The molecule has 0 radical (unpaired) electrons. The number of aromatic amines is 1. The number of rotatable bonds is 3. The average Bonchev–Trinajstić information content (AvgIpc) is 2.41. The van der Waals surface area contributed by atoms with Crippen molar-refractivity contribution >= 4 is 5.97 Å². The molecule has 0 unspecified atom stereocenters. The lowest BCUT2D eigenvalue weighted by Gasteiger charge is -2.13. The number of hydrogen-bond acceptors (Lipinski definition) is 2. The van der Waals surface area contributed by atoms with Gasteiger partial charge in [-0.25, -0.2) is 9.18 Å². The van der Waals surface area contributed by atoms with E-state index in [4.69, 9.17) is 0 Å². The first-order valence-electron chi connectivity index (χ1n) is 6.20. The first kappa shape index (κ1) is 14.0. The first-order chi connectivity index (χ1) is 9.45. The molecule has 1 heterocycles. The van der Waals surface area contributed by atoms with Gasteiger partial charge in [-0.05, 0) is 36.6 Å². The summed E-state index contributed by atoms with van der Waals surface area (Å²) in [5.41, 5.74) is 1.28. The van der Waals surface area contributed by atoms with Crippen molar-refractivity contribution in [1.29, 1.82) is 0 Å². The van der Waals surface area contributed by atoms with Crippen LogP contribution in [-0.4, -0.2) is 16.1 Å². The van der Waals surface area contributed by atoms with Gasteiger partial charge < -0.3 is 10.1 Å². The van der Waals surface area contributed by atoms with Crippen LogP contribution in [0, 0.1) is 12.7 Å². The van der Waals surface area contributed by atoms with Crippen molar-refractivity contribution in [2.45, 2.75) is 20.3 Å². The van der Waals surface area contributed by atoms with Crippen LogP contribution < -0.4 is 5.56 Å². The van der Waals surface area contributed by atoms with Gasteiger partial charge >= 0.3 is 5.97 Å². The first-order valence-corrected chi connectivity index (χ1v) is 6.20. The van der Waals surface area contributed by atoms with E-state index in [1.54, 1.807) is 6.92 Å². The maximum Gasteiger partial charge on any atom is 0.341 e. The second kappa shape index (κ2) is 5.28. The van der Waals surface area contributed by atoms with Gasteiger partial charge in [0.2, 0.25) is 0 Å². The number of aromatic carboxylic acids is 1. The summed E-state index contributed by atoms with van der Waals surface area (Å²) in [5, 5.41) is 9.26. The molecule has 0 saturated carbocycles. The van der Waals surface area contributed by atoms with Crippen LogP contribution in [0.1, 0.15) is 28.5 Å². The van der Waals surface area contributed by atoms with E-state index in [0.29, 0.717) is 28.8 Å². The number of aryl methyl sites for hydroxylation is 1. The number of benzene rings is 1. The highest BCUT2D eigenvalue weighted by Crippen LogP contribution is 2.27. The maximum absolute atomic E-state index is 13.0. The Labute approximate surface area is 114 Å². The lowest BCUT2D eigenvalue weighted by molar-refractivity contribution is 0.0695. The number of aromatic nitrogens is 1. The standard InChI is InChI=1S/C15H14FNO3/c1-3-11-8(2)12(9-4-6-10(16)7-5-9)13(15(19)20)14(18)17-11/h4-7H,3H2,1-2H3,(H,17,18)(H,19,20). The van der Waals surface area contributed by atoms with Gasteiger partial charge in [-0.2, -0.15) is 0 Å². The van der Waals surface area contributed by atoms with E-state index in [1.165, 1.54) is 24.3 Å². The smallest absolute Gasteiger partial charge is 0.341 e. The molecule has 0 aliphatic rings. The summed E-state index contributed by atoms with van der Waals surface area (Å²) >= 11 is 0. The van der Waals surface area contributed by atoms with Gasteiger partial charge in [0, 0.05) is 11.3 Å². The van der Waals surface area contributed by atoms with Gasteiger partial charge in [0.15, 0.2) is 0 Å². The third-order valence-electron chi connectivity index (χ3n) is 3.27. The van der Waals surface area contributed by atoms with Gasteiger partial charge in [-0.15, -0.1) is 0 Å². The highest BCUT2D eigenvalue weighted by Gasteiger charge is 2.20. The number of carboxylic acid groups (broad SMARTS) is 1. The second-order valence-corrected chi connectivity index (χ2v) is 4.47. The second-order valence-electron chi connectivity index (χ2n) is 4.47. The fourth-order valence-corrected chi connectivity index (χ4v) is 2.28. The molecule has 0 saturated heterocycles. The molecular formula is C15H14FNO3. The highest BCUT2D eigenvalue weighted by atomic mass is 19.1. The number of pyridine rings is 1. The Morgan fingerprint density at radius 3 is 2.40 bits per heavy atom. The van der Waals surface area contributed by atoms with Crippen LogP contribution in [-0.2, 0) is 6.42 Å². The topological polar surface area (TPSA) is 70.2 Å². The average molecular weight is 275 g/mol. The highest BCUT2D eigenvalue weighted by molar-refractivity contribution is 5.96. The zero-order valence-electron chi connectivity index (χ0n) is 11.2. The molecular weight excluding hydrogens is 261 g/mol. The van der Waals surface area contributed by atoms with Crippen LogP contribution >= 0.6 is 0 Å². The van der Waals surface area contributed by atoms with Crippen LogP contribution in [0.3, 0.4) is 0 Å². The molecule has 0 spiro atoms. The fourth-order valence-electron chi connectivity index (χ4n) is 2.28. The van der Waals surface area contributed by atoms with Crippen molar-refractivity contribution in [3.05, 3.63) is 57.3 Å². The molecule has 104 valence electrons. The largest absolute Gasteiger partial charge is 0.477 e. The van der Waals surface area contributed by atoms with E-state index < -0.39 is 17.3 Å². The molecule has 2 N–H and O–H groups in total. The summed E-state index contributed by atoms with van der Waals surface area (Å²) in [7, 11) is 0. The molecule has 0 amide bonds. The van der Waals surface area contributed by atoms with Gasteiger partial charge in [0.05, 0.1) is 0 Å². The zero-order chi connectivity index (χ0) is 14.9. The van der Waals surface area contributed by atoms with E-state index in [1.807, 2.05) is 6.92 Å². The summed E-state index contributed by atoms with van der Waals surface area (Å²) in [6, 6.07) is 5.44. The van der Waals surface area contributed by atoms with Crippen molar-refractivity contribution in [3.63, 3.8) is 0 Å². The lowest BCUT2D eigenvalue weighted by atomic mass is 9.94. The molecule has 0 aliphatic heterocycles. The number of carbonyl (C=O) groups is 1. The molecule has 0 bridgehead atoms. The van der Waals surface area contributed by atoms with Crippen molar-refractivity contribution < 1.29 is 14.3 Å². The Morgan fingerprint density at radius 1 is 1.30 bits per heavy atom. The SMILES string of the molecule is CCc1[nH]c(=O)c(C(=O)O)c(-c2ccc(F)cc2)c1C. The van der Waals surface area contributed by atoms with Crippen LogP contribution in [0.15, 0.2) is 29.1 Å². The van der Waals surface area contributed by atoms with E-state index in [-0.39, 0.29) is 5.56 Å². The van der Waals surface area contributed by atoms with E-state index in [2.05, 4.69) is 4.98 Å². The summed E-state index contributed by atoms with van der Waals surface area (Å²) in [6.45, 7) is 3.62. The molecule has 2 rings (SSSR count). The Bertz CT molecular complexity index is 717. The van der Waals surface area contributed by atoms with Crippen molar-refractivity contribution in [3.8, 4) is 11.1 Å².